The third kappa shape index (κ3) is 2.38. The Hall–Kier alpha value is -1.65. The van der Waals surface area contributed by atoms with Crippen molar-refractivity contribution in [3.05, 3.63) is 35.9 Å². The Morgan fingerprint density at radius 2 is 2.12 bits per heavy atom. The molecule has 1 unspecified atom stereocenters. The van der Waals surface area contributed by atoms with Crippen molar-refractivity contribution in [1.82, 2.24) is 4.98 Å². The summed E-state index contributed by atoms with van der Waals surface area (Å²) in [5, 5.41) is 1.09. The molecule has 1 heterocycles. The first-order chi connectivity index (χ1) is 8.26. The molecule has 0 amide bonds. The van der Waals surface area contributed by atoms with Crippen LogP contribution in [-0.4, -0.2) is 18.7 Å². The Morgan fingerprint density at radius 3 is 2.82 bits per heavy atom. The molecule has 1 atom stereocenters. The number of hydrogen-bond acceptors (Lipinski definition) is 4. The lowest BCUT2D eigenvalue weighted by molar-refractivity contribution is 0.126. The normalized spacial score (nSPS) is 12.6. The number of hydrogen-bond donors (Lipinski definition) is 1. The second-order valence-electron chi connectivity index (χ2n) is 4.01. The average molecular weight is 232 g/mol. The molecule has 0 spiro atoms. The summed E-state index contributed by atoms with van der Waals surface area (Å²) in [5.41, 5.74) is 1.94. The SMILES string of the molecule is COc1nc2ccccc2cc1C(C)CON. The van der Waals surface area contributed by atoms with Crippen LogP contribution in [0.1, 0.15) is 18.4 Å². The van der Waals surface area contributed by atoms with E-state index in [1.54, 1.807) is 7.11 Å². The van der Waals surface area contributed by atoms with Gasteiger partial charge in [0.2, 0.25) is 5.88 Å². The Balaban J connectivity index is 2.52. The molecule has 0 aliphatic carbocycles. The highest BCUT2D eigenvalue weighted by Crippen LogP contribution is 2.28. The Morgan fingerprint density at radius 1 is 1.35 bits per heavy atom. The summed E-state index contributed by atoms with van der Waals surface area (Å²) in [7, 11) is 1.62. The van der Waals surface area contributed by atoms with Gasteiger partial charge in [-0.25, -0.2) is 10.9 Å². The summed E-state index contributed by atoms with van der Waals surface area (Å²) >= 11 is 0. The van der Waals surface area contributed by atoms with Gasteiger partial charge >= 0.3 is 0 Å². The second-order valence-corrected chi connectivity index (χ2v) is 4.01. The highest BCUT2D eigenvalue weighted by atomic mass is 16.6. The molecular weight excluding hydrogens is 216 g/mol. The van der Waals surface area contributed by atoms with E-state index in [1.807, 2.05) is 31.2 Å². The second kappa shape index (κ2) is 5.12. The number of nitrogens with two attached hydrogens (primary N) is 1. The van der Waals surface area contributed by atoms with Crippen LogP contribution in [0.15, 0.2) is 30.3 Å². The van der Waals surface area contributed by atoms with Crippen LogP contribution < -0.4 is 10.6 Å². The van der Waals surface area contributed by atoms with Crippen LogP contribution in [0.4, 0.5) is 0 Å². The van der Waals surface area contributed by atoms with Crippen molar-refractivity contribution in [3.8, 4) is 5.88 Å². The number of benzene rings is 1. The predicted octanol–water partition coefficient (Wildman–Crippen LogP) is 2.24. The zero-order valence-corrected chi connectivity index (χ0v) is 10.0. The summed E-state index contributed by atoms with van der Waals surface area (Å²) in [4.78, 5) is 9.16. The quantitative estimate of drug-likeness (QED) is 0.821. The van der Waals surface area contributed by atoms with E-state index in [4.69, 9.17) is 10.6 Å². The number of aromatic nitrogens is 1. The summed E-state index contributed by atoms with van der Waals surface area (Å²) in [6.07, 6.45) is 0. The molecule has 0 aliphatic heterocycles. The fraction of sp³-hybridized carbons (Fsp3) is 0.308. The number of rotatable bonds is 4. The summed E-state index contributed by atoms with van der Waals surface area (Å²) in [5.74, 6) is 5.89. The van der Waals surface area contributed by atoms with Gasteiger partial charge in [-0.1, -0.05) is 25.1 Å². The van der Waals surface area contributed by atoms with Crippen molar-refractivity contribution in [2.45, 2.75) is 12.8 Å². The maximum absolute atomic E-state index is 5.31. The third-order valence-electron chi connectivity index (χ3n) is 2.79. The Kier molecular flexibility index (Phi) is 3.56. The highest BCUT2D eigenvalue weighted by molar-refractivity contribution is 5.80. The minimum Gasteiger partial charge on any atom is -0.481 e. The van der Waals surface area contributed by atoms with E-state index < -0.39 is 0 Å². The first-order valence-electron chi connectivity index (χ1n) is 5.51. The minimum absolute atomic E-state index is 0.145. The third-order valence-corrected chi connectivity index (χ3v) is 2.79. The van der Waals surface area contributed by atoms with Crippen molar-refractivity contribution in [1.29, 1.82) is 0 Å². The van der Waals surface area contributed by atoms with Gasteiger partial charge in [0.05, 0.1) is 19.2 Å². The lowest BCUT2D eigenvalue weighted by Gasteiger charge is -2.14. The van der Waals surface area contributed by atoms with Gasteiger partial charge in [-0.05, 0) is 12.1 Å². The van der Waals surface area contributed by atoms with Crippen LogP contribution in [-0.2, 0) is 4.84 Å². The molecule has 17 heavy (non-hydrogen) atoms. The van der Waals surface area contributed by atoms with Crippen molar-refractivity contribution >= 4 is 10.9 Å². The number of methoxy groups -OCH3 is 1. The van der Waals surface area contributed by atoms with Gasteiger partial charge in [0.25, 0.3) is 0 Å². The summed E-state index contributed by atoms with van der Waals surface area (Å²) < 4.78 is 5.31. The molecule has 2 rings (SSSR count). The topological polar surface area (TPSA) is 57.4 Å². The van der Waals surface area contributed by atoms with Crippen molar-refractivity contribution < 1.29 is 9.57 Å². The van der Waals surface area contributed by atoms with E-state index in [0.29, 0.717) is 12.5 Å². The molecule has 0 saturated carbocycles. The molecule has 0 aliphatic rings. The first-order valence-corrected chi connectivity index (χ1v) is 5.51. The van der Waals surface area contributed by atoms with Gasteiger partial charge in [0.1, 0.15) is 0 Å². The number of ether oxygens (including phenoxy) is 1. The Labute approximate surface area is 100 Å². The van der Waals surface area contributed by atoms with Crippen molar-refractivity contribution in [3.63, 3.8) is 0 Å². The molecule has 1 aromatic carbocycles. The van der Waals surface area contributed by atoms with Crippen LogP contribution in [0.3, 0.4) is 0 Å². The molecule has 2 N–H and O–H groups in total. The molecule has 0 saturated heterocycles. The molecule has 1 aromatic heterocycles. The van der Waals surface area contributed by atoms with E-state index in [0.717, 1.165) is 16.5 Å². The van der Waals surface area contributed by atoms with Crippen molar-refractivity contribution in [2.75, 3.05) is 13.7 Å². The molecule has 4 heteroatoms. The van der Waals surface area contributed by atoms with Gasteiger partial charge in [0.15, 0.2) is 0 Å². The van der Waals surface area contributed by atoms with E-state index in [-0.39, 0.29) is 5.92 Å². The molecule has 4 nitrogen and oxygen atoms in total. The van der Waals surface area contributed by atoms with E-state index in [9.17, 15) is 0 Å². The number of pyridine rings is 1. The van der Waals surface area contributed by atoms with Gasteiger partial charge in [0, 0.05) is 16.9 Å². The Bertz CT molecular complexity index is 514. The fourth-order valence-electron chi connectivity index (χ4n) is 1.87. The molecule has 0 bridgehead atoms. The average Bonchev–Trinajstić information content (AvgIpc) is 2.37. The summed E-state index contributed by atoms with van der Waals surface area (Å²) in [6.45, 7) is 2.47. The molecule has 0 fully saturated rings. The zero-order valence-electron chi connectivity index (χ0n) is 10.0. The highest BCUT2D eigenvalue weighted by Gasteiger charge is 2.14. The fourth-order valence-corrected chi connectivity index (χ4v) is 1.87. The molecule has 0 radical (unpaired) electrons. The van der Waals surface area contributed by atoms with Crippen LogP contribution in [0.25, 0.3) is 10.9 Å². The lowest BCUT2D eigenvalue weighted by atomic mass is 10.0. The monoisotopic (exact) mass is 232 g/mol. The largest absolute Gasteiger partial charge is 0.481 e. The molecular formula is C13H16N2O2. The van der Waals surface area contributed by atoms with E-state index in [2.05, 4.69) is 15.9 Å². The van der Waals surface area contributed by atoms with Gasteiger partial charge < -0.3 is 9.57 Å². The summed E-state index contributed by atoms with van der Waals surface area (Å²) in [6, 6.07) is 10.0. The van der Waals surface area contributed by atoms with E-state index >= 15 is 0 Å². The first kappa shape index (κ1) is 11.8. The van der Waals surface area contributed by atoms with Crippen LogP contribution in [0, 0.1) is 0 Å². The van der Waals surface area contributed by atoms with Crippen molar-refractivity contribution in [2.24, 2.45) is 5.90 Å². The molecule has 2 aromatic rings. The van der Waals surface area contributed by atoms with Gasteiger partial charge in [-0.2, -0.15) is 0 Å². The van der Waals surface area contributed by atoms with Gasteiger partial charge in [-0.3, -0.25) is 0 Å². The lowest BCUT2D eigenvalue weighted by Crippen LogP contribution is -2.10. The minimum atomic E-state index is 0.145. The maximum Gasteiger partial charge on any atom is 0.217 e. The smallest absolute Gasteiger partial charge is 0.217 e. The standard InChI is InChI=1S/C13H16N2O2/c1-9(8-17-14)11-7-10-5-3-4-6-12(10)15-13(11)16-2/h3-7,9H,8,14H2,1-2H3. The number of nitrogens with zero attached hydrogens (tertiary/aromatic N) is 1. The zero-order chi connectivity index (χ0) is 12.3. The van der Waals surface area contributed by atoms with Crippen LogP contribution in [0.2, 0.25) is 0 Å². The molecule has 90 valence electrons. The number of fused-ring (bicyclic) bond motifs is 1. The van der Waals surface area contributed by atoms with Gasteiger partial charge in [-0.15, -0.1) is 0 Å². The van der Waals surface area contributed by atoms with Crippen LogP contribution >= 0.6 is 0 Å². The predicted molar refractivity (Wildman–Crippen MR) is 66.8 cm³/mol. The maximum atomic E-state index is 5.31. The van der Waals surface area contributed by atoms with Crippen LogP contribution in [0.5, 0.6) is 5.88 Å². The van der Waals surface area contributed by atoms with E-state index in [1.165, 1.54) is 0 Å². The number of para-hydroxylation sites is 1.